The van der Waals surface area contributed by atoms with Gasteiger partial charge in [0.25, 0.3) is 11.6 Å². The van der Waals surface area contributed by atoms with Crippen LogP contribution in [0.5, 0.6) is 0 Å². The van der Waals surface area contributed by atoms with Gasteiger partial charge in [-0.1, -0.05) is 65.9 Å². The van der Waals surface area contributed by atoms with Crippen LogP contribution in [0.1, 0.15) is 16.7 Å². The Bertz CT molecular complexity index is 1410. The van der Waals surface area contributed by atoms with Crippen molar-refractivity contribution in [2.45, 2.75) is 18.6 Å². The molecule has 176 valence electrons. The van der Waals surface area contributed by atoms with E-state index >= 15 is 0 Å². The van der Waals surface area contributed by atoms with Crippen molar-refractivity contribution in [3.05, 3.63) is 106 Å². The number of hydrogen-bond acceptors (Lipinski definition) is 6. The molecular formula is C26H23N5O3S. The number of hydrogen-bond donors (Lipinski definition) is 1. The lowest BCUT2D eigenvalue weighted by Gasteiger charge is -2.09. The Morgan fingerprint density at radius 3 is 2.66 bits per heavy atom. The van der Waals surface area contributed by atoms with Crippen molar-refractivity contribution in [2.75, 3.05) is 5.75 Å². The number of carbonyl (C=O) groups excluding carboxylic acids is 1. The number of benzene rings is 3. The number of carbonyl (C=O) groups is 1. The van der Waals surface area contributed by atoms with Crippen LogP contribution in [0.4, 0.5) is 5.69 Å². The monoisotopic (exact) mass is 485 g/mol. The number of imidazole rings is 1. The van der Waals surface area contributed by atoms with Crippen LogP contribution in [0.3, 0.4) is 0 Å². The number of para-hydroxylation sites is 3. The number of amides is 1. The number of nitro benzene ring substituents is 1. The summed E-state index contributed by atoms with van der Waals surface area (Å²) < 4.78 is 2.11. The molecule has 4 aromatic rings. The molecule has 0 aliphatic heterocycles. The summed E-state index contributed by atoms with van der Waals surface area (Å²) in [5.74, 6) is -0.137. The first-order chi connectivity index (χ1) is 17.0. The van der Waals surface area contributed by atoms with Crippen molar-refractivity contribution >= 4 is 46.7 Å². The molecule has 0 fully saturated rings. The lowest BCUT2D eigenvalue weighted by molar-refractivity contribution is -0.385. The van der Waals surface area contributed by atoms with Gasteiger partial charge >= 0.3 is 0 Å². The normalized spacial score (nSPS) is 11.5. The standard InChI is InChI=1S/C26H23N5O3S/c1-19-12-14-20(15-13-19)17-30-24-11-5-3-9-22(24)28-26(30)35-18-25(32)29-27-16-6-8-21-7-2-4-10-23(21)31(33)34/h2-16H,17-18H2,1H3,(H,29,32)/b8-6-,27-16-. The quantitative estimate of drug-likeness (QED) is 0.152. The average molecular weight is 486 g/mol. The van der Waals surface area contributed by atoms with Crippen LogP contribution in [-0.4, -0.2) is 32.3 Å². The predicted octanol–water partition coefficient (Wildman–Crippen LogP) is 5.21. The third kappa shape index (κ3) is 6.21. The Balaban J connectivity index is 1.38. The first kappa shape index (κ1) is 23.9. The number of aromatic nitrogens is 2. The Morgan fingerprint density at radius 1 is 1.11 bits per heavy atom. The minimum atomic E-state index is -0.442. The highest BCUT2D eigenvalue weighted by Crippen LogP contribution is 2.25. The number of aryl methyl sites for hydroxylation is 1. The van der Waals surface area contributed by atoms with Crippen LogP contribution in [0.2, 0.25) is 0 Å². The maximum absolute atomic E-state index is 12.3. The molecule has 0 unspecified atom stereocenters. The second-order valence-corrected chi connectivity index (χ2v) is 8.67. The van der Waals surface area contributed by atoms with E-state index in [4.69, 9.17) is 4.98 Å². The van der Waals surface area contributed by atoms with Crippen molar-refractivity contribution in [2.24, 2.45) is 5.10 Å². The Labute approximate surface area is 206 Å². The summed E-state index contributed by atoms with van der Waals surface area (Å²) in [4.78, 5) is 27.6. The molecule has 3 aromatic carbocycles. The highest BCUT2D eigenvalue weighted by Gasteiger charge is 2.13. The molecular weight excluding hydrogens is 462 g/mol. The Kier molecular flexibility index (Phi) is 7.69. The molecule has 0 saturated carbocycles. The first-order valence-corrected chi connectivity index (χ1v) is 11.9. The van der Waals surface area contributed by atoms with Gasteiger partial charge in [0.2, 0.25) is 0 Å². The summed E-state index contributed by atoms with van der Waals surface area (Å²) in [6.45, 7) is 2.71. The molecule has 35 heavy (non-hydrogen) atoms. The highest BCUT2D eigenvalue weighted by atomic mass is 32.2. The van der Waals surface area contributed by atoms with E-state index < -0.39 is 4.92 Å². The minimum Gasteiger partial charge on any atom is -0.314 e. The molecule has 0 spiro atoms. The lowest BCUT2D eigenvalue weighted by Crippen LogP contribution is -2.19. The highest BCUT2D eigenvalue weighted by molar-refractivity contribution is 7.99. The number of nitro groups is 1. The topological polar surface area (TPSA) is 102 Å². The maximum atomic E-state index is 12.3. The number of hydrazone groups is 1. The van der Waals surface area contributed by atoms with Crippen molar-refractivity contribution in [1.29, 1.82) is 0 Å². The molecule has 1 N–H and O–H groups in total. The van der Waals surface area contributed by atoms with Gasteiger partial charge in [-0.15, -0.1) is 0 Å². The Hall–Kier alpha value is -4.24. The third-order valence-corrected chi connectivity index (χ3v) is 6.15. The van der Waals surface area contributed by atoms with E-state index in [1.807, 2.05) is 24.3 Å². The maximum Gasteiger partial charge on any atom is 0.276 e. The molecule has 0 aliphatic carbocycles. The zero-order chi connectivity index (χ0) is 24.6. The molecule has 9 heteroatoms. The molecule has 4 rings (SSSR count). The van der Waals surface area contributed by atoms with Crippen LogP contribution >= 0.6 is 11.8 Å². The fourth-order valence-corrected chi connectivity index (χ4v) is 4.25. The van der Waals surface area contributed by atoms with Gasteiger partial charge in [0.15, 0.2) is 5.16 Å². The van der Waals surface area contributed by atoms with Crippen LogP contribution in [0, 0.1) is 17.0 Å². The van der Waals surface area contributed by atoms with Crippen molar-refractivity contribution < 1.29 is 9.72 Å². The van der Waals surface area contributed by atoms with Gasteiger partial charge in [-0.25, -0.2) is 10.4 Å². The van der Waals surface area contributed by atoms with E-state index in [9.17, 15) is 14.9 Å². The minimum absolute atomic E-state index is 0.00566. The number of allylic oxidation sites excluding steroid dienone is 1. The van der Waals surface area contributed by atoms with E-state index in [0.717, 1.165) is 21.8 Å². The summed E-state index contributed by atoms with van der Waals surface area (Å²) >= 11 is 1.34. The van der Waals surface area contributed by atoms with Crippen LogP contribution in [-0.2, 0) is 11.3 Å². The molecule has 1 heterocycles. The molecule has 1 amide bonds. The number of rotatable bonds is 9. The van der Waals surface area contributed by atoms with Crippen molar-refractivity contribution in [1.82, 2.24) is 15.0 Å². The van der Waals surface area contributed by atoms with Gasteiger partial charge in [0.1, 0.15) is 0 Å². The number of fused-ring (bicyclic) bond motifs is 1. The summed E-state index contributed by atoms with van der Waals surface area (Å²) in [6.07, 6.45) is 4.48. The second kappa shape index (κ2) is 11.3. The average Bonchev–Trinajstić information content (AvgIpc) is 3.21. The summed E-state index contributed by atoms with van der Waals surface area (Å²) in [7, 11) is 0. The molecule has 1 aromatic heterocycles. The van der Waals surface area contributed by atoms with Crippen LogP contribution in [0.25, 0.3) is 17.1 Å². The molecule has 0 saturated heterocycles. The van der Waals surface area contributed by atoms with Gasteiger partial charge in [0.05, 0.1) is 33.8 Å². The van der Waals surface area contributed by atoms with Gasteiger partial charge in [-0.3, -0.25) is 14.9 Å². The molecule has 0 atom stereocenters. The molecule has 8 nitrogen and oxygen atoms in total. The number of thioether (sulfide) groups is 1. The summed E-state index contributed by atoms with van der Waals surface area (Å²) in [6, 6.07) is 22.6. The van der Waals surface area contributed by atoms with E-state index in [1.54, 1.807) is 24.3 Å². The van der Waals surface area contributed by atoms with Gasteiger partial charge < -0.3 is 4.57 Å². The van der Waals surface area contributed by atoms with Gasteiger partial charge in [-0.2, -0.15) is 5.10 Å². The summed E-state index contributed by atoms with van der Waals surface area (Å²) in [5, 5.41) is 15.7. The zero-order valence-corrected chi connectivity index (χ0v) is 19.8. The lowest BCUT2D eigenvalue weighted by atomic mass is 10.1. The SMILES string of the molecule is Cc1ccc(Cn2c(SCC(=O)N/N=C\C=C/c3ccccc3[N+](=O)[O-])nc3ccccc32)cc1. The number of nitrogens with zero attached hydrogens (tertiary/aromatic N) is 4. The fraction of sp³-hybridized carbons (Fsp3) is 0.115. The molecule has 0 aliphatic rings. The first-order valence-electron chi connectivity index (χ1n) is 10.9. The smallest absolute Gasteiger partial charge is 0.276 e. The summed E-state index contributed by atoms with van der Waals surface area (Å²) in [5.41, 5.74) is 7.17. The fourth-order valence-electron chi connectivity index (χ4n) is 3.45. The third-order valence-electron chi connectivity index (χ3n) is 5.17. The Morgan fingerprint density at radius 2 is 1.86 bits per heavy atom. The van der Waals surface area contributed by atoms with E-state index in [1.165, 1.54) is 35.7 Å². The van der Waals surface area contributed by atoms with Crippen LogP contribution < -0.4 is 5.43 Å². The van der Waals surface area contributed by atoms with Crippen molar-refractivity contribution in [3.8, 4) is 0 Å². The van der Waals surface area contributed by atoms with E-state index in [0.29, 0.717) is 12.1 Å². The number of nitrogens with one attached hydrogen (secondary N) is 1. The zero-order valence-electron chi connectivity index (χ0n) is 19.0. The van der Waals surface area contributed by atoms with Crippen LogP contribution in [0.15, 0.2) is 89.1 Å². The van der Waals surface area contributed by atoms with E-state index in [-0.39, 0.29) is 17.3 Å². The second-order valence-electron chi connectivity index (χ2n) is 7.73. The van der Waals surface area contributed by atoms with Gasteiger partial charge in [-0.05, 0) is 42.8 Å². The largest absolute Gasteiger partial charge is 0.314 e. The molecule has 0 bridgehead atoms. The van der Waals surface area contributed by atoms with Gasteiger partial charge in [0, 0.05) is 12.3 Å². The molecule has 0 radical (unpaired) electrons. The van der Waals surface area contributed by atoms with E-state index in [2.05, 4.69) is 46.3 Å². The predicted molar refractivity (Wildman–Crippen MR) is 140 cm³/mol. The van der Waals surface area contributed by atoms with Crippen molar-refractivity contribution in [3.63, 3.8) is 0 Å².